The van der Waals surface area contributed by atoms with Crippen LogP contribution in [-0.4, -0.2) is 41.2 Å². The number of aromatic nitrogens is 1. The van der Waals surface area contributed by atoms with Gasteiger partial charge in [-0.25, -0.2) is 4.68 Å². The average Bonchev–Trinajstić information content (AvgIpc) is 3.27. The number of ether oxygens (including phenoxy) is 2. The van der Waals surface area contributed by atoms with Crippen LogP contribution in [0, 0.1) is 0 Å². The molecule has 5 rings (SSSR count). The Morgan fingerprint density at radius 2 is 2.09 bits per heavy atom. The number of aromatic hydroxyl groups is 1. The lowest BCUT2D eigenvalue weighted by molar-refractivity contribution is -0.118. The Balaban J connectivity index is 1.55. The smallest absolute Gasteiger partial charge is 0.262 e. The zero-order valence-electron chi connectivity index (χ0n) is 19.6. The molecule has 1 amide bonds. The Bertz CT molecular complexity index is 1320. The van der Waals surface area contributed by atoms with Crippen molar-refractivity contribution in [1.82, 2.24) is 4.68 Å². The minimum Gasteiger partial charge on any atom is -0.504 e. The first-order valence-corrected chi connectivity index (χ1v) is 12.8. The van der Waals surface area contributed by atoms with E-state index in [2.05, 4.69) is 5.32 Å². The molecule has 2 heterocycles. The molecule has 1 saturated carbocycles. The van der Waals surface area contributed by atoms with Crippen molar-refractivity contribution in [1.29, 1.82) is 0 Å². The number of thiazole rings is 1. The molecule has 1 fully saturated rings. The van der Waals surface area contributed by atoms with Gasteiger partial charge in [0.05, 0.1) is 30.2 Å². The summed E-state index contributed by atoms with van der Waals surface area (Å²) in [6.45, 7) is 2.36. The summed E-state index contributed by atoms with van der Waals surface area (Å²) in [6, 6.07) is 11.2. The lowest BCUT2D eigenvalue weighted by atomic mass is 9.96. The number of hydrogen-bond donors (Lipinski definition) is 2. The van der Waals surface area contributed by atoms with Crippen molar-refractivity contribution in [2.75, 3.05) is 18.5 Å². The third-order valence-corrected chi connectivity index (χ3v) is 6.90. The van der Waals surface area contributed by atoms with Crippen LogP contribution in [0.4, 0.5) is 5.69 Å². The topological polar surface area (TPSA) is 97.4 Å². The Kier molecular flexibility index (Phi) is 6.85. The quantitative estimate of drug-likeness (QED) is 0.485. The van der Waals surface area contributed by atoms with E-state index in [1.165, 1.54) is 19.3 Å². The molecule has 2 aromatic carbocycles. The van der Waals surface area contributed by atoms with Crippen molar-refractivity contribution in [3.8, 4) is 28.5 Å². The van der Waals surface area contributed by atoms with Gasteiger partial charge in [0, 0.05) is 10.9 Å². The highest BCUT2D eigenvalue weighted by atomic mass is 32.1. The van der Waals surface area contributed by atoms with E-state index in [9.17, 15) is 9.90 Å². The molecule has 1 aliphatic carbocycles. The van der Waals surface area contributed by atoms with Crippen LogP contribution in [0.25, 0.3) is 11.3 Å². The molecule has 2 aliphatic rings. The number of carbonyl (C=O) groups excluding carboxylic acids is 1. The van der Waals surface area contributed by atoms with Gasteiger partial charge in [0.25, 0.3) is 5.91 Å². The van der Waals surface area contributed by atoms with Crippen LogP contribution in [-0.2, 0) is 4.79 Å². The summed E-state index contributed by atoms with van der Waals surface area (Å²) in [7, 11) is 0. The molecular weight excluding hydrogens is 464 g/mol. The van der Waals surface area contributed by atoms with Gasteiger partial charge in [-0.2, -0.15) is 5.10 Å². The molecule has 182 valence electrons. The molecule has 2 N–H and O–H groups in total. The normalized spacial score (nSPS) is 16.7. The summed E-state index contributed by atoms with van der Waals surface area (Å²) in [6.07, 6.45) is 7.60. The zero-order valence-corrected chi connectivity index (χ0v) is 20.4. The Hall–Kier alpha value is -3.59. The molecule has 0 spiro atoms. The highest BCUT2D eigenvalue weighted by Crippen LogP contribution is 2.33. The van der Waals surface area contributed by atoms with Gasteiger partial charge in [-0.05, 0) is 61.7 Å². The number of phenolic OH excluding ortho intramolecular Hbond substituents is 1. The maximum Gasteiger partial charge on any atom is 0.262 e. The van der Waals surface area contributed by atoms with E-state index >= 15 is 0 Å². The summed E-state index contributed by atoms with van der Waals surface area (Å²) in [5.74, 6) is 0.998. The van der Waals surface area contributed by atoms with Crippen LogP contribution in [0.2, 0.25) is 0 Å². The van der Waals surface area contributed by atoms with Gasteiger partial charge in [-0.1, -0.05) is 19.3 Å². The van der Waals surface area contributed by atoms with Crippen molar-refractivity contribution < 1.29 is 19.4 Å². The zero-order chi connectivity index (χ0) is 24.2. The van der Waals surface area contributed by atoms with Gasteiger partial charge < -0.3 is 19.9 Å². The number of benzene rings is 2. The third-order valence-electron chi connectivity index (χ3n) is 6.07. The summed E-state index contributed by atoms with van der Waals surface area (Å²) in [5.41, 5.74) is 3.21. The van der Waals surface area contributed by atoms with Gasteiger partial charge in [-0.15, -0.1) is 11.3 Å². The van der Waals surface area contributed by atoms with E-state index < -0.39 is 0 Å². The van der Waals surface area contributed by atoms with Gasteiger partial charge >= 0.3 is 0 Å². The Morgan fingerprint density at radius 1 is 1.23 bits per heavy atom. The molecule has 9 heteroatoms. The largest absolute Gasteiger partial charge is 0.504 e. The standard InChI is InChI=1S/C26H28N4O4S/c1-2-33-24-12-17(8-10-22(24)31)14-27-30-21(16-35-26(30)28-19-6-4-3-5-7-19)18-9-11-23-20(13-18)29-25(32)15-34-23/h8-14,16,19,31H,2-7,15H2,1H3,(H,29,32). The van der Waals surface area contributed by atoms with Crippen LogP contribution in [0.1, 0.15) is 44.6 Å². The first-order valence-electron chi connectivity index (χ1n) is 11.9. The van der Waals surface area contributed by atoms with Crippen LogP contribution < -0.4 is 19.6 Å². The fraction of sp³-hybridized carbons (Fsp3) is 0.346. The predicted molar refractivity (Wildman–Crippen MR) is 137 cm³/mol. The molecular formula is C26H28N4O4S. The molecule has 1 aromatic heterocycles. The number of amides is 1. The van der Waals surface area contributed by atoms with E-state index in [1.807, 2.05) is 35.2 Å². The highest BCUT2D eigenvalue weighted by molar-refractivity contribution is 7.07. The van der Waals surface area contributed by atoms with Crippen LogP contribution in [0.3, 0.4) is 0 Å². The first-order chi connectivity index (χ1) is 17.1. The number of nitrogens with one attached hydrogen (secondary N) is 1. The van der Waals surface area contributed by atoms with Crippen molar-refractivity contribution in [3.63, 3.8) is 0 Å². The Labute approximate surface area is 207 Å². The molecule has 3 aromatic rings. The maximum absolute atomic E-state index is 11.8. The second kappa shape index (κ2) is 10.4. The fourth-order valence-corrected chi connectivity index (χ4v) is 5.22. The third kappa shape index (κ3) is 5.24. The fourth-order valence-electron chi connectivity index (χ4n) is 4.31. The van der Waals surface area contributed by atoms with Crippen molar-refractivity contribution in [2.24, 2.45) is 10.1 Å². The van der Waals surface area contributed by atoms with Gasteiger partial charge in [0.1, 0.15) is 5.75 Å². The second-order valence-corrected chi connectivity index (χ2v) is 9.43. The second-order valence-electron chi connectivity index (χ2n) is 8.59. The monoisotopic (exact) mass is 492 g/mol. The van der Waals surface area contributed by atoms with E-state index in [0.29, 0.717) is 29.8 Å². The summed E-state index contributed by atoms with van der Waals surface area (Å²) >= 11 is 1.55. The predicted octanol–water partition coefficient (Wildman–Crippen LogP) is 4.77. The number of phenols is 1. The Morgan fingerprint density at radius 3 is 2.91 bits per heavy atom. The molecule has 35 heavy (non-hydrogen) atoms. The molecule has 1 aliphatic heterocycles. The molecule has 0 bridgehead atoms. The number of nitrogens with zero attached hydrogens (tertiary/aromatic N) is 3. The first kappa shape index (κ1) is 23.2. The summed E-state index contributed by atoms with van der Waals surface area (Å²) in [4.78, 5) is 17.7. The summed E-state index contributed by atoms with van der Waals surface area (Å²) < 4.78 is 12.9. The minimum absolute atomic E-state index is 0.0237. The lowest BCUT2D eigenvalue weighted by Gasteiger charge is -2.18. The lowest BCUT2D eigenvalue weighted by Crippen LogP contribution is -2.25. The van der Waals surface area contributed by atoms with Crippen molar-refractivity contribution in [2.45, 2.75) is 45.1 Å². The van der Waals surface area contributed by atoms with Gasteiger partial charge in [0.2, 0.25) is 4.80 Å². The SMILES string of the molecule is CCOc1cc(C=Nn2c(-c3ccc4c(c3)NC(=O)CO4)csc2=NC2CCCCC2)ccc1O. The van der Waals surface area contributed by atoms with Crippen molar-refractivity contribution >= 4 is 29.1 Å². The molecule has 0 saturated heterocycles. The van der Waals surface area contributed by atoms with Gasteiger partial charge in [-0.3, -0.25) is 9.79 Å². The number of anilines is 1. The number of fused-ring (bicyclic) bond motifs is 1. The highest BCUT2D eigenvalue weighted by Gasteiger charge is 2.18. The van der Waals surface area contributed by atoms with Crippen molar-refractivity contribution in [3.05, 3.63) is 52.1 Å². The van der Waals surface area contributed by atoms with E-state index in [-0.39, 0.29) is 18.3 Å². The molecule has 0 radical (unpaired) electrons. The molecule has 8 nitrogen and oxygen atoms in total. The summed E-state index contributed by atoms with van der Waals surface area (Å²) in [5, 5.41) is 19.7. The van der Waals surface area contributed by atoms with Gasteiger partial charge in [0.15, 0.2) is 18.1 Å². The van der Waals surface area contributed by atoms with E-state index in [0.717, 1.165) is 34.5 Å². The van der Waals surface area contributed by atoms with Crippen LogP contribution >= 0.6 is 11.3 Å². The van der Waals surface area contributed by atoms with Crippen LogP contribution in [0.15, 0.2) is 51.9 Å². The van der Waals surface area contributed by atoms with E-state index in [4.69, 9.17) is 19.6 Å². The minimum atomic E-state index is -0.170. The number of rotatable bonds is 6. The number of hydrogen-bond acceptors (Lipinski definition) is 7. The average molecular weight is 493 g/mol. The number of carbonyl (C=O) groups is 1. The molecule has 0 atom stereocenters. The molecule has 0 unspecified atom stereocenters. The van der Waals surface area contributed by atoms with Crippen LogP contribution in [0.5, 0.6) is 17.2 Å². The van der Waals surface area contributed by atoms with E-state index in [1.54, 1.807) is 35.8 Å². The maximum atomic E-state index is 11.8.